The van der Waals surface area contributed by atoms with Gasteiger partial charge in [0.25, 0.3) is 0 Å². The van der Waals surface area contributed by atoms with E-state index < -0.39 is 6.09 Å². The highest BCUT2D eigenvalue weighted by molar-refractivity contribution is 5.86. The molecule has 1 heterocycles. The van der Waals surface area contributed by atoms with Crippen LogP contribution in [0.1, 0.15) is 26.3 Å². The second-order valence-electron chi connectivity index (χ2n) is 5.58. The van der Waals surface area contributed by atoms with Crippen molar-refractivity contribution >= 4 is 16.9 Å². The van der Waals surface area contributed by atoms with Crippen LogP contribution in [0.5, 0.6) is 5.88 Å². The highest BCUT2D eigenvalue weighted by atomic mass is 16.6. The molecular weight excluding hydrogens is 256 g/mol. The summed E-state index contributed by atoms with van der Waals surface area (Å²) in [5.41, 5.74) is 0.429. The van der Waals surface area contributed by atoms with Crippen LogP contribution in [0.4, 0.5) is 4.79 Å². The number of aliphatic hydroxyl groups is 1. The van der Waals surface area contributed by atoms with Gasteiger partial charge in [0, 0.05) is 23.2 Å². The van der Waals surface area contributed by atoms with E-state index in [1.807, 2.05) is 39.0 Å². The molecule has 5 heteroatoms. The quantitative estimate of drug-likeness (QED) is 0.883. The number of hydrogen-bond donors (Lipinski definition) is 2. The molecule has 1 aromatic carbocycles. The maximum absolute atomic E-state index is 11.7. The topological polar surface area (TPSA) is 71.5 Å². The van der Waals surface area contributed by atoms with Crippen molar-refractivity contribution in [1.29, 1.82) is 0 Å². The van der Waals surface area contributed by atoms with E-state index in [1.165, 1.54) is 0 Å². The van der Waals surface area contributed by atoms with Gasteiger partial charge >= 0.3 is 6.09 Å². The van der Waals surface area contributed by atoms with Crippen molar-refractivity contribution in [2.24, 2.45) is 0 Å². The Kier molecular flexibility index (Phi) is 3.90. The van der Waals surface area contributed by atoms with Crippen molar-refractivity contribution in [2.75, 3.05) is 0 Å². The van der Waals surface area contributed by atoms with Gasteiger partial charge in [0.05, 0.1) is 6.61 Å². The van der Waals surface area contributed by atoms with Gasteiger partial charge in [0.1, 0.15) is 0 Å². The molecule has 5 nitrogen and oxygen atoms in total. The van der Waals surface area contributed by atoms with Gasteiger partial charge in [-0.05, 0) is 31.7 Å². The third-order valence-corrected chi connectivity index (χ3v) is 2.67. The van der Waals surface area contributed by atoms with Gasteiger partial charge in [0.15, 0.2) is 0 Å². The zero-order chi connectivity index (χ0) is 14.8. The molecule has 20 heavy (non-hydrogen) atoms. The second-order valence-corrected chi connectivity index (χ2v) is 5.58. The van der Waals surface area contributed by atoms with E-state index in [-0.39, 0.29) is 18.0 Å². The number of pyridine rings is 1. The Morgan fingerprint density at radius 1 is 1.40 bits per heavy atom. The minimum atomic E-state index is -0.539. The number of nitrogens with one attached hydrogen (secondary N) is 1. The number of hydrogen-bond acceptors (Lipinski definition) is 4. The van der Waals surface area contributed by atoms with Crippen molar-refractivity contribution in [1.82, 2.24) is 10.3 Å². The highest BCUT2D eigenvalue weighted by Gasteiger charge is 2.15. The maximum atomic E-state index is 11.7. The van der Waals surface area contributed by atoms with Crippen LogP contribution in [-0.2, 0) is 6.61 Å². The number of aromatic nitrogens is 1. The van der Waals surface area contributed by atoms with Gasteiger partial charge in [-0.3, -0.25) is 0 Å². The fraction of sp³-hybridized carbons (Fsp3) is 0.333. The number of carbonyl (C=O) groups excluding carboxylic acids is 1. The number of amides is 1. The molecular formula is C15H18N2O3. The molecule has 0 aliphatic rings. The van der Waals surface area contributed by atoms with Gasteiger partial charge < -0.3 is 15.2 Å². The Bertz CT molecular complexity index is 633. The molecule has 0 saturated heterocycles. The van der Waals surface area contributed by atoms with Crippen molar-refractivity contribution in [3.8, 4) is 5.88 Å². The Morgan fingerprint density at radius 2 is 2.15 bits per heavy atom. The van der Waals surface area contributed by atoms with E-state index in [9.17, 15) is 9.90 Å². The fourth-order valence-corrected chi connectivity index (χ4v) is 1.84. The minimum absolute atomic E-state index is 0.0519. The zero-order valence-corrected chi connectivity index (χ0v) is 11.8. The summed E-state index contributed by atoms with van der Waals surface area (Å²) in [6, 6.07) is 7.23. The number of aliphatic hydroxyl groups excluding tert-OH is 1. The molecule has 1 amide bonds. The lowest BCUT2D eigenvalue weighted by Gasteiger charge is -2.19. The van der Waals surface area contributed by atoms with E-state index >= 15 is 0 Å². The Morgan fingerprint density at radius 3 is 2.80 bits per heavy atom. The number of nitrogens with zero attached hydrogens (tertiary/aromatic N) is 1. The van der Waals surface area contributed by atoms with Crippen LogP contribution in [0.3, 0.4) is 0 Å². The van der Waals surface area contributed by atoms with Crippen LogP contribution >= 0.6 is 0 Å². The van der Waals surface area contributed by atoms with Crippen molar-refractivity contribution in [2.45, 2.75) is 32.9 Å². The van der Waals surface area contributed by atoms with Crippen molar-refractivity contribution in [3.05, 3.63) is 36.0 Å². The number of carbonyl (C=O) groups is 1. The van der Waals surface area contributed by atoms with Crippen molar-refractivity contribution in [3.63, 3.8) is 0 Å². The first-order valence-electron chi connectivity index (χ1n) is 6.37. The maximum Gasteiger partial charge on any atom is 0.414 e. The molecule has 106 valence electrons. The van der Waals surface area contributed by atoms with Crippen LogP contribution in [-0.4, -0.2) is 21.7 Å². The first kappa shape index (κ1) is 14.3. The van der Waals surface area contributed by atoms with E-state index in [4.69, 9.17) is 4.74 Å². The molecule has 1 aromatic heterocycles. The smallest absolute Gasteiger partial charge is 0.392 e. The van der Waals surface area contributed by atoms with E-state index in [2.05, 4.69) is 10.3 Å². The Balaban J connectivity index is 2.22. The summed E-state index contributed by atoms with van der Waals surface area (Å²) in [5, 5.41) is 13.7. The SMILES string of the molecule is CC(C)(C)NC(=O)Oc1cc2cccc(CO)c2cn1. The van der Waals surface area contributed by atoms with Gasteiger partial charge in [0.2, 0.25) is 5.88 Å². The molecule has 0 aliphatic carbocycles. The molecule has 2 rings (SSSR count). The summed E-state index contributed by atoms with van der Waals surface area (Å²) in [7, 11) is 0. The molecule has 0 spiro atoms. The lowest BCUT2D eigenvalue weighted by atomic mass is 10.1. The summed E-state index contributed by atoms with van der Waals surface area (Å²) in [6.07, 6.45) is 1.06. The number of ether oxygens (including phenoxy) is 1. The number of fused-ring (bicyclic) bond motifs is 1. The molecule has 0 bridgehead atoms. The molecule has 0 fully saturated rings. The summed E-state index contributed by atoms with van der Waals surface area (Å²) < 4.78 is 5.15. The first-order chi connectivity index (χ1) is 9.39. The summed E-state index contributed by atoms with van der Waals surface area (Å²) >= 11 is 0. The average Bonchev–Trinajstić information content (AvgIpc) is 2.35. The van der Waals surface area contributed by atoms with Crippen LogP contribution in [0.2, 0.25) is 0 Å². The summed E-state index contributed by atoms with van der Waals surface area (Å²) in [5.74, 6) is 0.231. The molecule has 0 atom stereocenters. The third-order valence-electron chi connectivity index (χ3n) is 2.67. The molecule has 0 radical (unpaired) electrons. The summed E-state index contributed by atoms with van der Waals surface area (Å²) in [4.78, 5) is 15.8. The predicted octanol–water partition coefficient (Wildman–Crippen LogP) is 2.61. The minimum Gasteiger partial charge on any atom is -0.392 e. The molecule has 2 N–H and O–H groups in total. The lowest BCUT2D eigenvalue weighted by molar-refractivity contribution is 0.189. The van der Waals surface area contributed by atoms with E-state index in [0.29, 0.717) is 0 Å². The zero-order valence-electron chi connectivity index (χ0n) is 11.8. The third kappa shape index (κ3) is 3.45. The molecule has 0 aliphatic heterocycles. The van der Waals surface area contributed by atoms with Gasteiger partial charge in [-0.1, -0.05) is 18.2 Å². The number of rotatable bonds is 2. The standard InChI is InChI=1S/C15H18N2O3/c1-15(2,3)17-14(19)20-13-7-10-5-4-6-11(9-18)12(10)8-16-13/h4-8,18H,9H2,1-3H3,(H,17,19). The predicted molar refractivity (Wildman–Crippen MR) is 76.6 cm³/mol. The fourth-order valence-electron chi connectivity index (χ4n) is 1.84. The van der Waals surface area contributed by atoms with Gasteiger partial charge in [-0.25, -0.2) is 9.78 Å². The molecule has 0 saturated carbocycles. The van der Waals surface area contributed by atoms with Crippen LogP contribution < -0.4 is 10.1 Å². The van der Waals surface area contributed by atoms with Crippen LogP contribution in [0.15, 0.2) is 30.5 Å². The molecule has 0 unspecified atom stereocenters. The average molecular weight is 274 g/mol. The molecule has 2 aromatic rings. The van der Waals surface area contributed by atoms with Crippen LogP contribution in [0.25, 0.3) is 10.8 Å². The summed E-state index contributed by atoms with van der Waals surface area (Å²) in [6.45, 7) is 5.56. The Labute approximate surface area is 117 Å². The van der Waals surface area contributed by atoms with E-state index in [1.54, 1.807) is 12.3 Å². The highest BCUT2D eigenvalue weighted by Crippen LogP contribution is 2.21. The number of benzene rings is 1. The van der Waals surface area contributed by atoms with Crippen LogP contribution in [0, 0.1) is 0 Å². The largest absolute Gasteiger partial charge is 0.414 e. The van der Waals surface area contributed by atoms with E-state index in [0.717, 1.165) is 16.3 Å². The van der Waals surface area contributed by atoms with Gasteiger partial charge in [-0.15, -0.1) is 0 Å². The lowest BCUT2D eigenvalue weighted by Crippen LogP contribution is -2.42. The monoisotopic (exact) mass is 274 g/mol. The second kappa shape index (κ2) is 5.46. The normalized spacial score (nSPS) is 11.4. The first-order valence-corrected chi connectivity index (χ1v) is 6.37. The van der Waals surface area contributed by atoms with Crippen molar-refractivity contribution < 1.29 is 14.6 Å². The Hall–Kier alpha value is -2.14. The van der Waals surface area contributed by atoms with Gasteiger partial charge in [-0.2, -0.15) is 0 Å².